The number of hydrogen-bond donors (Lipinski definition) is 0. The van der Waals surface area contributed by atoms with Gasteiger partial charge in [-0.1, -0.05) is 41.2 Å². The molecular weight excluding hydrogens is 447 g/mol. The fraction of sp³-hybridized carbons (Fsp3) is 0.792. The van der Waals surface area contributed by atoms with Crippen LogP contribution < -0.4 is 0 Å². The number of carbonyl (C=O) groups excluding carboxylic acids is 1. The van der Waals surface area contributed by atoms with Crippen molar-refractivity contribution in [1.29, 1.82) is 0 Å². The van der Waals surface area contributed by atoms with Gasteiger partial charge >= 0.3 is 0 Å². The average Bonchev–Trinajstić information content (AvgIpc) is 3.42. The third-order valence-corrected chi connectivity index (χ3v) is 10.0. The zero-order valence-electron chi connectivity index (χ0n) is 16.8. The summed E-state index contributed by atoms with van der Waals surface area (Å²) in [5.74, 6) is 5.47. The van der Waals surface area contributed by atoms with Crippen molar-refractivity contribution in [2.24, 2.45) is 46.8 Å². The van der Waals surface area contributed by atoms with Crippen LogP contribution in [0.4, 0.5) is 0 Å². The first-order valence-corrected chi connectivity index (χ1v) is 12.5. The van der Waals surface area contributed by atoms with Crippen LogP contribution >= 0.6 is 22.6 Å². The maximum absolute atomic E-state index is 12.0. The van der Waals surface area contributed by atoms with E-state index >= 15 is 0 Å². The molecule has 0 aromatic carbocycles. The summed E-state index contributed by atoms with van der Waals surface area (Å²) in [7, 11) is 0. The molecule has 0 aromatic heterocycles. The van der Waals surface area contributed by atoms with Crippen molar-refractivity contribution in [1.82, 2.24) is 0 Å². The molecule has 4 fully saturated rings. The highest BCUT2D eigenvalue weighted by Crippen LogP contribution is 2.77. The second-order valence-corrected chi connectivity index (χ2v) is 11.4. The van der Waals surface area contributed by atoms with Crippen LogP contribution in [0.25, 0.3) is 0 Å². The van der Waals surface area contributed by atoms with Gasteiger partial charge in [0.2, 0.25) is 0 Å². The molecular formula is C24H33IO2. The van der Waals surface area contributed by atoms with E-state index in [1.807, 2.05) is 6.08 Å². The van der Waals surface area contributed by atoms with Gasteiger partial charge in [0, 0.05) is 10.8 Å². The molecule has 7 unspecified atom stereocenters. The highest BCUT2D eigenvalue weighted by molar-refractivity contribution is 14.1. The van der Waals surface area contributed by atoms with Crippen LogP contribution in [0, 0.1) is 46.8 Å². The standard InChI is InChI=1S/C24H33IO2/c1-4-14-11-15-12-16(26)5-6-17(15)18-7-8-23(2)22(21(14)18)19-13-20(19)24(23,3)27-10-9-25/h4,12,14,17-22H,1,5-11,13H2,2-3H3/t14?,17?,18?,19-,20+,21?,22?,23?,24?/m1/s1. The molecule has 0 heterocycles. The highest BCUT2D eigenvalue weighted by Gasteiger charge is 2.75. The molecule has 0 amide bonds. The van der Waals surface area contributed by atoms with Crippen molar-refractivity contribution in [3.63, 3.8) is 0 Å². The molecule has 0 bridgehead atoms. The number of ketones is 1. The monoisotopic (exact) mass is 480 g/mol. The zero-order valence-corrected chi connectivity index (χ0v) is 18.9. The predicted molar refractivity (Wildman–Crippen MR) is 117 cm³/mol. The van der Waals surface area contributed by atoms with Crippen LogP contribution in [0.2, 0.25) is 0 Å². The van der Waals surface area contributed by atoms with Gasteiger partial charge in [0.25, 0.3) is 0 Å². The van der Waals surface area contributed by atoms with Crippen molar-refractivity contribution in [3.05, 3.63) is 24.3 Å². The first-order valence-electron chi connectivity index (χ1n) is 11.0. The minimum absolute atomic E-state index is 0.0584. The summed E-state index contributed by atoms with van der Waals surface area (Å²) in [5.41, 5.74) is 1.82. The minimum Gasteiger partial charge on any atom is -0.374 e. The third-order valence-electron chi connectivity index (χ3n) is 9.57. The summed E-state index contributed by atoms with van der Waals surface area (Å²) in [5, 5.41) is 0. The zero-order chi connectivity index (χ0) is 19.0. The lowest BCUT2D eigenvalue weighted by Gasteiger charge is -2.59. The van der Waals surface area contributed by atoms with Crippen molar-refractivity contribution in [3.8, 4) is 0 Å². The lowest BCUT2D eigenvalue weighted by molar-refractivity contribution is -0.163. The highest BCUT2D eigenvalue weighted by atomic mass is 127. The summed E-state index contributed by atoms with van der Waals surface area (Å²) in [6.45, 7) is 10.1. The number of carbonyl (C=O) groups is 1. The molecule has 148 valence electrons. The number of halogens is 1. The van der Waals surface area contributed by atoms with E-state index in [1.165, 1.54) is 24.8 Å². The van der Waals surface area contributed by atoms with Crippen molar-refractivity contribution in [2.75, 3.05) is 11.0 Å². The van der Waals surface area contributed by atoms with E-state index in [1.54, 1.807) is 0 Å². The fourth-order valence-electron chi connectivity index (χ4n) is 8.32. The maximum atomic E-state index is 12.0. The van der Waals surface area contributed by atoms with Gasteiger partial charge in [0.15, 0.2) is 5.78 Å². The minimum atomic E-state index is 0.0584. The van der Waals surface area contributed by atoms with Gasteiger partial charge in [-0.15, -0.1) is 6.58 Å². The quantitative estimate of drug-likeness (QED) is 0.297. The van der Waals surface area contributed by atoms with E-state index in [0.29, 0.717) is 23.0 Å². The van der Waals surface area contributed by atoms with Gasteiger partial charge in [-0.25, -0.2) is 0 Å². The lowest BCUT2D eigenvalue weighted by atomic mass is 9.47. The Hall–Kier alpha value is -0.160. The Morgan fingerprint density at radius 1 is 1.33 bits per heavy atom. The number of allylic oxidation sites excluding steroid dienone is 2. The topological polar surface area (TPSA) is 26.3 Å². The molecule has 0 radical (unpaired) electrons. The fourth-order valence-corrected chi connectivity index (χ4v) is 8.54. The molecule has 2 nitrogen and oxygen atoms in total. The van der Waals surface area contributed by atoms with E-state index in [9.17, 15) is 4.79 Å². The van der Waals surface area contributed by atoms with Crippen molar-refractivity contribution >= 4 is 28.4 Å². The van der Waals surface area contributed by atoms with Crippen LogP contribution in [0.5, 0.6) is 0 Å². The van der Waals surface area contributed by atoms with E-state index < -0.39 is 0 Å². The average molecular weight is 480 g/mol. The number of hydrogen-bond acceptors (Lipinski definition) is 2. The second kappa shape index (κ2) is 6.42. The lowest BCUT2D eigenvalue weighted by Crippen LogP contribution is -2.56. The molecule has 0 aliphatic heterocycles. The SMILES string of the molecule is C=CC1CC2=CC(=O)CCC2C2CCC3(C)C(C12)[C@@H]1C[C@@H]1C3(C)OCCI. The largest absolute Gasteiger partial charge is 0.374 e. The van der Waals surface area contributed by atoms with Gasteiger partial charge in [0.05, 0.1) is 12.2 Å². The molecule has 5 aliphatic carbocycles. The molecule has 0 spiro atoms. The summed E-state index contributed by atoms with van der Waals surface area (Å²) < 4.78 is 7.73. The summed E-state index contributed by atoms with van der Waals surface area (Å²) >= 11 is 2.44. The molecule has 27 heavy (non-hydrogen) atoms. The predicted octanol–water partition coefficient (Wildman–Crippen LogP) is 5.61. The van der Waals surface area contributed by atoms with E-state index in [-0.39, 0.29) is 5.60 Å². The van der Waals surface area contributed by atoms with Gasteiger partial charge in [0.1, 0.15) is 0 Å². The molecule has 5 rings (SSSR count). The molecule has 4 saturated carbocycles. The van der Waals surface area contributed by atoms with Gasteiger partial charge in [-0.05, 0) is 91.9 Å². The molecule has 3 heteroatoms. The summed E-state index contributed by atoms with van der Waals surface area (Å²) in [6.07, 6.45) is 11.2. The van der Waals surface area contributed by atoms with Crippen LogP contribution in [-0.2, 0) is 9.53 Å². The first kappa shape index (κ1) is 18.8. The molecule has 9 atom stereocenters. The number of alkyl halides is 1. The molecule has 0 saturated heterocycles. The normalized spacial score (nSPS) is 52.9. The van der Waals surface area contributed by atoms with E-state index in [4.69, 9.17) is 4.74 Å². The van der Waals surface area contributed by atoms with Crippen molar-refractivity contribution in [2.45, 2.75) is 58.0 Å². The molecule has 0 N–H and O–H groups in total. The van der Waals surface area contributed by atoms with Crippen LogP contribution in [0.1, 0.15) is 52.4 Å². The van der Waals surface area contributed by atoms with Gasteiger partial charge in [-0.2, -0.15) is 0 Å². The van der Waals surface area contributed by atoms with Gasteiger partial charge < -0.3 is 4.74 Å². The second-order valence-electron chi connectivity index (χ2n) is 10.3. The van der Waals surface area contributed by atoms with E-state index in [2.05, 4.69) is 49.1 Å². The Kier molecular flexibility index (Phi) is 4.48. The Morgan fingerprint density at radius 3 is 2.89 bits per heavy atom. The summed E-state index contributed by atoms with van der Waals surface area (Å²) in [6, 6.07) is 0. The Balaban J connectivity index is 1.52. The van der Waals surface area contributed by atoms with Gasteiger partial charge in [-0.3, -0.25) is 4.79 Å². The van der Waals surface area contributed by atoms with Crippen LogP contribution in [0.3, 0.4) is 0 Å². The number of fused-ring (bicyclic) bond motifs is 7. The van der Waals surface area contributed by atoms with Crippen molar-refractivity contribution < 1.29 is 9.53 Å². The maximum Gasteiger partial charge on any atom is 0.155 e. The molecule has 5 aliphatic rings. The molecule has 0 aromatic rings. The van der Waals surface area contributed by atoms with E-state index in [0.717, 1.165) is 59.9 Å². The van der Waals surface area contributed by atoms with Crippen LogP contribution in [-0.4, -0.2) is 22.4 Å². The Morgan fingerprint density at radius 2 is 2.15 bits per heavy atom. The Labute approximate surface area is 177 Å². The smallest absolute Gasteiger partial charge is 0.155 e. The number of rotatable bonds is 4. The Bertz CT molecular complexity index is 698. The number of ether oxygens (including phenoxy) is 1. The first-order chi connectivity index (χ1) is 12.9. The van der Waals surface area contributed by atoms with Crippen LogP contribution in [0.15, 0.2) is 24.3 Å². The third kappa shape index (κ3) is 2.49. The summed E-state index contributed by atoms with van der Waals surface area (Å²) in [4.78, 5) is 12.0.